The van der Waals surface area contributed by atoms with E-state index >= 15 is 0 Å². The number of halogens is 1. The van der Waals surface area contributed by atoms with Crippen molar-refractivity contribution in [2.75, 3.05) is 0 Å². The van der Waals surface area contributed by atoms with E-state index in [2.05, 4.69) is 5.92 Å². The lowest BCUT2D eigenvalue weighted by atomic mass is 10.2. The minimum Gasteiger partial charge on any atom is -0.258 e. The maximum atomic E-state index is 12.7. The van der Waals surface area contributed by atoms with Crippen LogP contribution in [0.15, 0.2) is 18.2 Å². The van der Waals surface area contributed by atoms with Crippen LogP contribution in [0.5, 0.6) is 0 Å². The summed E-state index contributed by atoms with van der Waals surface area (Å²) in [6, 6.07) is 4.39. The molecule has 0 fully saturated rings. The molecule has 0 aromatic heterocycles. The van der Waals surface area contributed by atoms with E-state index in [4.69, 9.17) is 5.26 Å². The third-order valence-corrected chi connectivity index (χ3v) is 1.41. The number of hydrogen-bond acceptors (Lipinski definition) is 3. The molecule has 0 spiro atoms. The number of nitro groups is 1. The SMILES string of the molecule is N#CC#Cc1cc(F)ccc1[N+](=O)[O-]. The molecule has 0 bridgehead atoms. The van der Waals surface area contributed by atoms with Gasteiger partial charge < -0.3 is 0 Å². The van der Waals surface area contributed by atoms with Gasteiger partial charge in [-0.25, -0.2) is 4.39 Å². The molecule has 0 unspecified atom stereocenters. The van der Waals surface area contributed by atoms with E-state index in [-0.39, 0.29) is 11.3 Å². The van der Waals surface area contributed by atoms with Crippen molar-refractivity contribution < 1.29 is 9.31 Å². The molecule has 1 aromatic carbocycles. The molecule has 5 heteroatoms. The van der Waals surface area contributed by atoms with E-state index in [1.54, 1.807) is 0 Å². The van der Waals surface area contributed by atoms with Crippen molar-refractivity contribution in [3.8, 4) is 17.9 Å². The van der Waals surface area contributed by atoms with Crippen molar-refractivity contribution in [2.45, 2.75) is 0 Å². The van der Waals surface area contributed by atoms with Crippen LogP contribution in [0.1, 0.15) is 5.56 Å². The van der Waals surface area contributed by atoms with Gasteiger partial charge in [-0.15, -0.1) is 0 Å². The summed E-state index contributed by atoms with van der Waals surface area (Å²) in [5, 5.41) is 18.6. The molecule has 0 saturated heterocycles. The molecule has 0 heterocycles. The summed E-state index contributed by atoms with van der Waals surface area (Å²) in [6.45, 7) is 0. The summed E-state index contributed by atoms with van der Waals surface area (Å²) >= 11 is 0. The Morgan fingerprint density at radius 3 is 2.79 bits per heavy atom. The van der Waals surface area contributed by atoms with Gasteiger partial charge in [0.15, 0.2) is 6.07 Å². The molecule has 0 aliphatic heterocycles. The van der Waals surface area contributed by atoms with E-state index in [0.717, 1.165) is 18.2 Å². The maximum Gasteiger partial charge on any atom is 0.285 e. The maximum absolute atomic E-state index is 12.7. The van der Waals surface area contributed by atoms with Gasteiger partial charge >= 0.3 is 0 Å². The Morgan fingerprint density at radius 2 is 2.21 bits per heavy atom. The fourth-order valence-electron chi connectivity index (χ4n) is 0.863. The average Bonchev–Trinajstić information content (AvgIpc) is 2.14. The second kappa shape index (κ2) is 4.01. The topological polar surface area (TPSA) is 66.9 Å². The average molecular weight is 190 g/mol. The fourth-order valence-corrected chi connectivity index (χ4v) is 0.863. The highest BCUT2D eigenvalue weighted by Gasteiger charge is 2.11. The second-order valence-corrected chi connectivity index (χ2v) is 2.28. The van der Waals surface area contributed by atoms with Crippen molar-refractivity contribution in [3.63, 3.8) is 0 Å². The molecule has 0 saturated carbocycles. The van der Waals surface area contributed by atoms with Crippen molar-refractivity contribution in [1.82, 2.24) is 0 Å². The summed E-state index contributed by atoms with van der Waals surface area (Å²) in [6.07, 6.45) is 0. The molecule has 1 aromatic rings. The summed E-state index contributed by atoms with van der Waals surface area (Å²) in [7, 11) is 0. The van der Waals surface area contributed by atoms with Gasteiger partial charge in [0.2, 0.25) is 0 Å². The molecule has 68 valence electrons. The molecule has 0 aliphatic rings. The number of rotatable bonds is 1. The molecular weight excluding hydrogens is 187 g/mol. The number of nitro benzene ring substituents is 1. The van der Waals surface area contributed by atoms with Crippen LogP contribution < -0.4 is 0 Å². The zero-order valence-corrected chi connectivity index (χ0v) is 6.82. The van der Waals surface area contributed by atoms with Crippen LogP contribution in [-0.4, -0.2) is 4.92 Å². The van der Waals surface area contributed by atoms with Crippen LogP contribution in [0.3, 0.4) is 0 Å². The van der Waals surface area contributed by atoms with Crippen molar-refractivity contribution in [2.24, 2.45) is 0 Å². The van der Waals surface area contributed by atoms with Gasteiger partial charge in [0.25, 0.3) is 5.69 Å². The third kappa shape index (κ3) is 2.05. The summed E-state index contributed by atoms with van der Waals surface area (Å²) in [5.41, 5.74) is -0.411. The Kier molecular flexibility index (Phi) is 2.78. The van der Waals surface area contributed by atoms with Gasteiger partial charge in [0.1, 0.15) is 11.4 Å². The zero-order valence-electron chi connectivity index (χ0n) is 6.82. The zero-order chi connectivity index (χ0) is 10.6. The first-order chi connectivity index (χ1) is 6.65. The highest BCUT2D eigenvalue weighted by Crippen LogP contribution is 2.17. The Balaban J connectivity index is 3.31. The molecule has 4 nitrogen and oxygen atoms in total. The van der Waals surface area contributed by atoms with Gasteiger partial charge in [-0.1, -0.05) is 0 Å². The molecule has 14 heavy (non-hydrogen) atoms. The lowest BCUT2D eigenvalue weighted by molar-refractivity contribution is -0.385. The van der Waals surface area contributed by atoms with Gasteiger partial charge in [0.05, 0.1) is 4.92 Å². The summed E-state index contributed by atoms with van der Waals surface area (Å²) < 4.78 is 12.7. The van der Waals surface area contributed by atoms with Gasteiger partial charge in [-0.2, -0.15) is 5.26 Å². The Bertz CT molecular complexity index is 480. The van der Waals surface area contributed by atoms with Gasteiger partial charge in [-0.3, -0.25) is 10.1 Å². The molecule has 1 rings (SSSR count). The first-order valence-corrected chi connectivity index (χ1v) is 3.49. The minimum absolute atomic E-state index is 0.100. The second-order valence-electron chi connectivity index (χ2n) is 2.28. The van der Waals surface area contributed by atoms with Crippen LogP contribution in [0.25, 0.3) is 0 Å². The normalized spacial score (nSPS) is 8.29. The predicted octanol–water partition coefficient (Wildman–Crippen LogP) is 1.61. The monoisotopic (exact) mass is 190 g/mol. The number of benzene rings is 1. The number of nitriles is 1. The van der Waals surface area contributed by atoms with E-state index in [1.165, 1.54) is 6.07 Å². The largest absolute Gasteiger partial charge is 0.285 e. The van der Waals surface area contributed by atoms with Crippen molar-refractivity contribution >= 4 is 5.69 Å². The molecule has 0 radical (unpaired) electrons. The standard InChI is InChI=1S/C9H3FN2O2/c10-8-3-4-9(12(13)14)7(6-8)2-1-5-11/h3-4,6H. The molecule has 0 aliphatic carbocycles. The van der Waals surface area contributed by atoms with Crippen molar-refractivity contribution in [3.05, 3.63) is 39.7 Å². The number of hydrogen-bond donors (Lipinski definition) is 0. The smallest absolute Gasteiger partial charge is 0.258 e. The minimum atomic E-state index is -0.680. The quantitative estimate of drug-likeness (QED) is 0.383. The highest BCUT2D eigenvalue weighted by atomic mass is 19.1. The molecule has 0 N–H and O–H groups in total. The van der Waals surface area contributed by atoms with Gasteiger partial charge in [-0.05, 0) is 18.1 Å². The Morgan fingerprint density at radius 1 is 1.50 bits per heavy atom. The summed E-state index contributed by atoms with van der Waals surface area (Å²) in [4.78, 5) is 9.75. The van der Waals surface area contributed by atoms with Gasteiger partial charge in [0, 0.05) is 12.0 Å². The van der Waals surface area contributed by atoms with E-state index in [9.17, 15) is 14.5 Å². The first kappa shape index (κ1) is 9.69. The van der Waals surface area contributed by atoms with E-state index in [1.807, 2.05) is 5.92 Å². The Hall–Kier alpha value is -2.40. The van der Waals surface area contributed by atoms with E-state index in [0.29, 0.717) is 0 Å². The fraction of sp³-hybridized carbons (Fsp3) is 0. The highest BCUT2D eigenvalue weighted by molar-refractivity contribution is 5.52. The lowest BCUT2D eigenvalue weighted by Crippen LogP contribution is -1.92. The Labute approximate surface area is 78.7 Å². The predicted molar refractivity (Wildman–Crippen MR) is 45.5 cm³/mol. The first-order valence-electron chi connectivity index (χ1n) is 3.49. The molecule has 0 atom stereocenters. The van der Waals surface area contributed by atoms with Crippen LogP contribution in [0.4, 0.5) is 10.1 Å². The van der Waals surface area contributed by atoms with Crippen LogP contribution in [0.2, 0.25) is 0 Å². The lowest BCUT2D eigenvalue weighted by Gasteiger charge is -1.94. The van der Waals surface area contributed by atoms with Crippen LogP contribution in [0, 0.1) is 39.1 Å². The van der Waals surface area contributed by atoms with Crippen LogP contribution >= 0.6 is 0 Å². The molecule has 0 amide bonds. The summed E-state index contributed by atoms with van der Waals surface area (Å²) in [5.74, 6) is 3.54. The van der Waals surface area contributed by atoms with E-state index < -0.39 is 10.7 Å². The van der Waals surface area contributed by atoms with Crippen LogP contribution in [-0.2, 0) is 0 Å². The molecular formula is C9H3FN2O2. The van der Waals surface area contributed by atoms with Crippen molar-refractivity contribution in [1.29, 1.82) is 5.26 Å². The third-order valence-electron chi connectivity index (χ3n) is 1.41. The number of nitrogens with zero attached hydrogens (tertiary/aromatic N) is 2.